The Morgan fingerprint density at radius 1 is 1.07 bits per heavy atom. The maximum Gasteiger partial charge on any atom is 0.254 e. The summed E-state index contributed by atoms with van der Waals surface area (Å²) >= 11 is 0. The van der Waals surface area contributed by atoms with Crippen molar-refractivity contribution >= 4 is 28.0 Å². The van der Waals surface area contributed by atoms with Crippen molar-refractivity contribution in [1.82, 2.24) is 24.0 Å². The van der Waals surface area contributed by atoms with Crippen LogP contribution in [0, 0.1) is 17.8 Å². The number of aromatic nitrogens is 4. The van der Waals surface area contributed by atoms with Crippen molar-refractivity contribution < 1.29 is 14.3 Å². The van der Waals surface area contributed by atoms with Crippen molar-refractivity contribution in [2.24, 2.45) is 24.8 Å². The standard InChI is InChI=1S/C34H41N5O3/c1-20-23-10-12-28(20)39(19-23)34(40)24-14-27-31(30(16-24)41-3)37(2)33(36-27)29-15-22-9-11-25(17-26-6-4-5-13-42-26)35-32(22)38(29)18-21-7-8-21/h9,11,14-16,20-21,23,26,28H,4-8,10,12-13,17-19H2,1-3H3/t20-,23?,26?,28?/m1/s1. The molecule has 2 aliphatic heterocycles. The third kappa shape index (κ3) is 4.32. The zero-order valence-corrected chi connectivity index (χ0v) is 25.0. The molecule has 8 nitrogen and oxygen atoms in total. The average molecular weight is 568 g/mol. The number of ether oxygens (including phenoxy) is 2. The van der Waals surface area contributed by atoms with Gasteiger partial charge in [-0.25, -0.2) is 9.97 Å². The van der Waals surface area contributed by atoms with Crippen molar-refractivity contribution in [2.45, 2.75) is 77.0 Å². The van der Waals surface area contributed by atoms with E-state index >= 15 is 0 Å². The molecule has 8 heteroatoms. The summed E-state index contributed by atoms with van der Waals surface area (Å²) in [7, 11) is 3.73. The molecule has 2 bridgehead atoms. The van der Waals surface area contributed by atoms with Crippen LogP contribution in [0.4, 0.5) is 0 Å². The summed E-state index contributed by atoms with van der Waals surface area (Å²) in [6.45, 7) is 4.96. The number of amides is 1. The highest BCUT2D eigenvalue weighted by atomic mass is 16.5. The Kier molecular flexibility index (Phi) is 6.32. The van der Waals surface area contributed by atoms with Gasteiger partial charge >= 0.3 is 0 Å². The summed E-state index contributed by atoms with van der Waals surface area (Å²) in [4.78, 5) is 26.2. The summed E-state index contributed by atoms with van der Waals surface area (Å²) < 4.78 is 16.4. The van der Waals surface area contributed by atoms with E-state index in [1.54, 1.807) is 7.11 Å². The van der Waals surface area contributed by atoms with Gasteiger partial charge in [0.2, 0.25) is 0 Å². The van der Waals surface area contributed by atoms with Crippen LogP contribution in [0.5, 0.6) is 5.75 Å². The van der Waals surface area contributed by atoms with E-state index in [1.807, 2.05) is 19.2 Å². The number of methoxy groups -OCH3 is 1. The molecule has 4 aromatic rings. The van der Waals surface area contributed by atoms with E-state index in [-0.39, 0.29) is 12.0 Å². The highest BCUT2D eigenvalue weighted by Crippen LogP contribution is 2.44. The van der Waals surface area contributed by atoms with Crippen LogP contribution >= 0.6 is 0 Å². The number of nitrogens with zero attached hydrogens (tertiary/aromatic N) is 5. The molecule has 2 saturated carbocycles. The fourth-order valence-corrected chi connectivity index (χ4v) is 7.94. The minimum atomic E-state index is 0.1000. The molecule has 4 fully saturated rings. The van der Waals surface area contributed by atoms with E-state index in [2.05, 4.69) is 39.2 Å². The number of carbonyl (C=O) groups excluding carboxylic acids is 1. The quantitative estimate of drug-likeness (QED) is 0.274. The highest BCUT2D eigenvalue weighted by molar-refractivity contribution is 6.00. The predicted molar refractivity (Wildman–Crippen MR) is 163 cm³/mol. The van der Waals surface area contributed by atoms with E-state index < -0.39 is 0 Å². The zero-order valence-electron chi connectivity index (χ0n) is 25.0. The third-order valence-corrected chi connectivity index (χ3v) is 10.6. The summed E-state index contributed by atoms with van der Waals surface area (Å²) in [5, 5.41) is 1.13. The monoisotopic (exact) mass is 567 g/mol. The van der Waals surface area contributed by atoms with E-state index in [0.717, 1.165) is 84.7 Å². The lowest BCUT2D eigenvalue weighted by Gasteiger charge is -2.27. The molecule has 1 amide bonds. The van der Waals surface area contributed by atoms with E-state index in [1.165, 1.54) is 25.7 Å². The molecule has 220 valence electrons. The van der Waals surface area contributed by atoms with Gasteiger partial charge in [0.15, 0.2) is 5.82 Å². The average Bonchev–Trinajstić information content (AvgIpc) is 3.42. The van der Waals surface area contributed by atoms with Crippen LogP contribution in [0.1, 0.15) is 67.9 Å². The molecule has 1 aromatic carbocycles. The van der Waals surface area contributed by atoms with Crippen LogP contribution in [-0.2, 0) is 24.8 Å². The van der Waals surface area contributed by atoms with Gasteiger partial charge < -0.3 is 23.5 Å². The van der Waals surface area contributed by atoms with Gasteiger partial charge in [-0.15, -0.1) is 0 Å². The second-order valence-electron chi connectivity index (χ2n) is 13.3. The normalized spacial score (nSPS) is 25.6. The highest BCUT2D eigenvalue weighted by Gasteiger charge is 2.46. The molecular formula is C34H41N5O3. The lowest BCUT2D eigenvalue weighted by atomic mass is 10.0. The second kappa shape index (κ2) is 10.1. The molecular weight excluding hydrogens is 526 g/mol. The van der Waals surface area contributed by atoms with Crippen LogP contribution in [-0.4, -0.2) is 62.3 Å². The van der Waals surface area contributed by atoms with Crippen LogP contribution in [0.15, 0.2) is 30.3 Å². The maximum atomic E-state index is 13.7. The molecule has 2 saturated heterocycles. The molecule has 0 spiro atoms. The minimum absolute atomic E-state index is 0.1000. The molecule has 8 rings (SSSR count). The van der Waals surface area contributed by atoms with Gasteiger partial charge in [-0.2, -0.15) is 0 Å². The first kappa shape index (κ1) is 26.3. The number of imidazole rings is 1. The Balaban J connectivity index is 1.19. The van der Waals surface area contributed by atoms with Gasteiger partial charge in [0.05, 0.1) is 24.4 Å². The van der Waals surface area contributed by atoms with Crippen LogP contribution in [0.2, 0.25) is 0 Å². The van der Waals surface area contributed by atoms with Gasteiger partial charge in [0, 0.05) is 55.9 Å². The zero-order chi connectivity index (χ0) is 28.5. The number of hydrogen-bond acceptors (Lipinski definition) is 5. The van der Waals surface area contributed by atoms with Crippen molar-refractivity contribution in [3.8, 4) is 17.3 Å². The van der Waals surface area contributed by atoms with Crippen molar-refractivity contribution in [2.75, 3.05) is 20.3 Å². The fourth-order valence-electron chi connectivity index (χ4n) is 7.94. The fraction of sp³-hybridized carbons (Fsp3) is 0.559. The number of rotatable bonds is 7. The van der Waals surface area contributed by atoms with Crippen molar-refractivity contribution in [3.05, 3.63) is 41.6 Å². The van der Waals surface area contributed by atoms with Crippen LogP contribution < -0.4 is 4.74 Å². The lowest BCUT2D eigenvalue weighted by Crippen LogP contribution is -2.38. The summed E-state index contributed by atoms with van der Waals surface area (Å²) in [5.74, 6) is 3.55. The van der Waals surface area contributed by atoms with E-state index in [0.29, 0.717) is 35.1 Å². The molecule has 2 aliphatic carbocycles. The first-order valence-corrected chi connectivity index (χ1v) is 15.9. The molecule has 0 radical (unpaired) electrons. The first-order chi connectivity index (χ1) is 20.5. The van der Waals surface area contributed by atoms with Gasteiger partial charge in [-0.1, -0.05) is 6.92 Å². The number of benzene rings is 1. The minimum Gasteiger partial charge on any atom is -0.494 e. The Morgan fingerprint density at radius 3 is 2.67 bits per heavy atom. The Labute approximate surface area is 247 Å². The molecule has 0 N–H and O–H groups in total. The van der Waals surface area contributed by atoms with Crippen molar-refractivity contribution in [1.29, 1.82) is 0 Å². The molecule has 5 heterocycles. The number of piperidine rings is 1. The summed E-state index contributed by atoms with van der Waals surface area (Å²) in [6, 6.07) is 10.8. The lowest BCUT2D eigenvalue weighted by molar-refractivity contribution is 0.0163. The molecule has 4 atom stereocenters. The Bertz CT molecular complexity index is 1680. The number of carbonyl (C=O) groups is 1. The predicted octanol–water partition coefficient (Wildman–Crippen LogP) is 5.99. The SMILES string of the molecule is COc1cc(C(=O)N2CC3CCC2[C@@H]3C)cc2nc(-c3cc4ccc(CC5CCCCO5)nc4n3CC3CC3)n(C)c12. The number of likely N-dealkylation sites (tertiary alicyclic amines) is 1. The number of aryl methyl sites for hydroxylation is 1. The maximum absolute atomic E-state index is 13.7. The van der Waals surface area contributed by atoms with Gasteiger partial charge in [0.25, 0.3) is 5.91 Å². The van der Waals surface area contributed by atoms with Crippen LogP contribution in [0.25, 0.3) is 33.6 Å². The molecule has 3 unspecified atom stereocenters. The van der Waals surface area contributed by atoms with E-state index in [4.69, 9.17) is 19.4 Å². The summed E-state index contributed by atoms with van der Waals surface area (Å²) in [5.41, 5.74) is 5.55. The van der Waals surface area contributed by atoms with Crippen molar-refractivity contribution in [3.63, 3.8) is 0 Å². The Hall–Kier alpha value is -3.39. The molecule has 3 aromatic heterocycles. The number of hydrogen-bond donors (Lipinski definition) is 0. The van der Waals surface area contributed by atoms with E-state index in [9.17, 15) is 4.79 Å². The molecule has 42 heavy (non-hydrogen) atoms. The second-order valence-corrected chi connectivity index (χ2v) is 13.3. The van der Waals surface area contributed by atoms with Gasteiger partial charge in [-0.3, -0.25) is 4.79 Å². The smallest absolute Gasteiger partial charge is 0.254 e. The third-order valence-electron chi connectivity index (χ3n) is 10.6. The largest absolute Gasteiger partial charge is 0.494 e. The Morgan fingerprint density at radius 2 is 1.95 bits per heavy atom. The number of fused-ring (bicyclic) bond motifs is 4. The van der Waals surface area contributed by atoms with Crippen LogP contribution in [0.3, 0.4) is 0 Å². The molecule has 4 aliphatic rings. The van der Waals surface area contributed by atoms with Gasteiger partial charge in [0.1, 0.15) is 16.9 Å². The topological polar surface area (TPSA) is 74.4 Å². The summed E-state index contributed by atoms with van der Waals surface area (Å²) in [6.07, 6.45) is 9.49. The first-order valence-electron chi connectivity index (χ1n) is 15.9. The number of pyridine rings is 1. The van der Waals surface area contributed by atoms with Gasteiger partial charge in [-0.05, 0) is 93.0 Å².